The normalized spacial score (nSPS) is 11.2. The maximum Gasteiger partial charge on any atom is 0.156 e. The molecule has 0 saturated carbocycles. The predicted octanol–water partition coefficient (Wildman–Crippen LogP) is 1.57. The van der Waals surface area contributed by atoms with Gasteiger partial charge in [0.1, 0.15) is 11.5 Å². The molecule has 0 saturated heterocycles. The third-order valence-corrected chi connectivity index (χ3v) is 1.27. The van der Waals surface area contributed by atoms with Crippen molar-refractivity contribution in [3.05, 3.63) is 36.2 Å². The molecule has 0 fully saturated rings. The van der Waals surface area contributed by atoms with Gasteiger partial charge in [-0.1, -0.05) is 6.07 Å². The predicted molar refractivity (Wildman–Crippen MR) is 45.5 cm³/mol. The van der Waals surface area contributed by atoms with Crippen molar-refractivity contribution < 1.29 is 9.90 Å². The molecule has 0 radical (unpaired) electrons. The SMILES string of the molecule is CC(=O)C=C(O)c1ccccn1. The van der Waals surface area contributed by atoms with Gasteiger partial charge in [0.15, 0.2) is 5.78 Å². The minimum Gasteiger partial charge on any atom is -0.506 e. The van der Waals surface area contributed by atoms with Crippen molar-refractivity contribution in [2.24, 2.45) is 0 Å². The van der Waals surface area contributed by atoms with Crippen LogP contribution in [0.15, 0.2) is 30.5 Å². The van der Waals surface area contributed by atoms with Gasteiger partial charge in [-0.3, -0.25) is 9.78 Å². The second-order valence-electron chi connectivity index (χ2n) is 2.36. The van der Waals surface area contributed by atoms with E-state index >= 15 is 0 Å². The average molecular weight is 163 g/mol. The molecule has 3 heteroatoms. The molecule has 1 aromatic rings. The Hall–Kier alpha value is -1.64. The minimum atomic E-state index is -0.196. The molecule has 0 atom stereocenters. The highest BCUT2D eigenvalue weighted by Crippen LogP contribution is 2.05. The Labute approximate surface area is 70.4 Å². The first-order chi connectivity index (χ1) is 5.70. The van der Waals surface area contributed by atoms with Gasteiger partial charge in [0.25, 0.3) is 0 Å². The van der Waals surface area contributed by atoms with Gasteiger partial charge in [0.2, 0.25) is 0 Å². The van der Waals surface area contributed by atoms with E-state index in [1.54, 1.807) is 24.4 Å². The van der Waals surface area contributed by atoms with E-state index in [9.17, 15) is 9.90 Å². The monoisotopic (exact) mass is 163 g/mol. The zero-order chi connectivity index (χ0) is 8.97. The lowest BCUT2D eigenvalue weighted by Gasteiger charge is -1.95. The van der Waals surface area contributed by atoms with Gasteiger partial charge in [-0.2, -0.15) is 0 Å². The first kappa shape index (κ1) is 8.46. The summed E-state index contributed by atoms with van der Waals surface area (Å²) in [5.41, 5.74) is 0.410. The first-order valence-corrected chi connectivity index (χ1v) is 3.53. The van der Waals surface area contributed by atoms with Gasteiger partial charge in [-0.05, 0) is 19.1 Å². The second-order valence-corrected chi connectivity index (χ2v) is 2.36. The van der Waals surface area contributed by atoms with E-state index in [0.717, 1.165) is 6.08 Å². The summed E-state index contributed by atoms with van der Waals surface area (Å²) < 4.78 is 0. The molecule has 1 heterocycles. The van der Waals surface area contributed by atoms with Crippen molar-refractivity contribution in [2.75, 3.05) is 0 Å². The van der Waals surface area contributed by atoms with Crippen LogP contribution in [-0.2, 0) is 4.79 Å². The third kappa shape index (κ3) is 2.20. The molecule has 0 unspecified atom stereocenters. The molecule has 1 rings (SSSR count). The van der Waals surface area contributed by atoms with Crippen molar-refractivity contribution in [1.82, 2.24) is 4.98 Å². The van der Waals surface area contributed by atoms with Gasteiger partial charge in [-0.15, -0.1) is 0 Å². The van der Waals surface area contributed by atoms with Crippen LogP contribution < -0.4 is 0 Å². The third-order valence-electron chi connectivity index (χ3n) is 1.27. The molecule has 62 valence electrons. The molecule has 0 bridgehead atoms. The quantitative estimate of drug-likeness (QED) is 0.531. The average Bonchev–Trinajstić information content (AvgIpc) is 2.05. The van der Waals surface area contributed by atoms with Crippen LogP contribution in [0, 0.1) is 0 Å². The fourth-order valence-corrected chi connectivity index (χ4v) is 0.781. The van der Waals surface area contributed by atoms with Crippen LogP contribution in [0.4, 0.5) is 0 Å². The van der Waals surface area contributed by atoms with Crippen molar-refractivity contribution in [1.29, 1.82) is 0 Å². The smallest absolute Gasteiger partial charge is 0.156 e. The van der Waals surface area contributed by atoms with Gasteiger partial charge in [0.05, 0.1) is 0 Å². The second kappa shape index (κ2) is 3.67. The molecule has 0 aliphatic heterocycles. The molecule has 12 heavy (non-hydrogen) atoms. The largest absolute Gasteiger partial charge is 0.506 e. The molecule has 1 aromatic heterocycles. The Morgan fingerprint density at radius 1 is 1.58 bits per heavy atom. The Balaban J connectivity index is 2.93. The number of aromatic nitrogens is 1. The highest BCUT2D eigenvalue weighted by molar-refractivity contribution is 5.93. The summed E-state index contributed by atoms with van der Waals surface area (Å²) in [5.74, 6) is -0.291. The number of rotatable bonds is 2. The maximum atomic E-state index is 10.6. The number of allylic oxidation sites excluding steroid dienone is 1. The van der Waals surface area contributed by atoms with E-state index in [4.69, 9.17) is 0 Å². The number of carbonyl (C=O) groups excluding carboxylic acids is 1. The highest BCUT2D eigenvalue weighted by atomic mass is 16.3. The summed E-state index contributed by atoms with van der Waals surface area (Å²) >= 11 is 0. The molecule has 1 N–H and O–H groups in total. The van der Waals surface area contributed by atoms with Crippen LogP contribution in [0.2, 0.25) is 0 Å². The van der Waals surface area contributed by atoms with E-state index in [1.807, 2.05) is 0 Å². The zero-order valence-electron chi connectivity index (χ0n) is 6.69. The molecular formula is C9H9NO2. The van der Waals surface area contributed by atoms with Crippen LogP contribution in [0.3, 0.4) is 0 Å². The standard InChI is InChI=1S/C9H9NO2/c1-7(11)6-9(12)8-4-2-3-5-10-8/h2-6,12H,1H3. The number of aliphatic hydroxyl groups excluding tert-OH is 1. The molecular weight excluding hydrogens is 154 g/mol. The Bertz CT molecular complexity index is 304. The van der Waals surface area contributed by atoms with Gasteiger partial charge in [0, 0.05) is 12.3 Å². The summed E-state index contributed by atoms with van der Waals surface area (Å²) in [6, 6.07) is 5.12. The lowest BCUT2D eigenvalue weighted by atomic mass is 10.2. The van der Waals surface area contributed by atoms with Crippen molar-refractivity contribution >= 4 is 11.5 Å². The Morgan fingerprint density at radius 2 is 2.33 bits per heavy atom. The van der Waals surface area contributed by atoms with Crippen molar-refractivity contribution in [3.63, 3.8) is 0 Å². The highest BCUT2D eigenvalue weighted by Gasteiger charge is 1.99. The topological polar surface area (TPSA) is 50.2 Å². The minimum absolute atomic E-state index is 0.0944. The number of carbonyl (C=O) groups is 1. The number of ketones is 1. The van der Waals surface area contributed by atoms with Crippen molar-refractivity contribution in [2.45, 2.75) is 6.92 Å². The van der Waals surface area contributed by atoms with E-state index in [-0.39, 0.29) is 11.5 Å². The number of hydrogen-bond acceptors (Lipinski definition) is 3. The van der Waals surface area contributed by atoms with E-state index in [1.165, 1.54) is 6.92 Å². The first-order valence-electron chi connectivity index (χ1n) is 3.53. The van der Waals surface area contributed by atoms with Crippen molar-refractivity contribution in [3.8, 4) is 0 Å². The fraction of sp³-hybridized carbons (Fsp3) is 0.111. The summed E-state index contributed by atoms with van der Waals surface area (Å²) in [6.07, 6.45) is 2.70. The number of aliphatic hydroxyl groups is 1. The summed E-state index contributed by atoms with van der Waals surface area (Å²) in [4.78, 5) is 14.4. The summed E-state index contributed by atoms with van der Waals surface area (Å²) in [7, 11) is 0. The molecule has 0 aromatic carbocycles. The van der Waals surface area contributed by atoms with E-state index in [0.29, 0.717) is 5.69 Å². The Morgan fingerprint density at radius 3 is 2.83 bits per heavy atom. The molecule has 0 aliphatic carbocycles. The number of nitrogens with zero attached hydrogens (tertiary/aromatic N) is 1. The zero-order valence-corrected chi connectivity index (χ0v) is 6.69. The number of hydrogen-bond donors (Lipinski definition) is 1. The number of pyridine rings is 1. The summed E-state index contributed by atoms with van der Waals surface area (Å²) in [6.45, 7) is 1.37. The van der Waals surface area contributed by atoms with Crippen LogP contribution in [0.25, 0.3) is 5.76 Å². The van der Waals surface area contributed by atoms with E-state index < -0.39 is 0 Å². The van der Waals surface area contributed by atoms with Crippen LogP contribution in [-0.4, -0.2) is 15.9 Å². The van der Waals surface area contributed by atoms with Crippen LogP contribution >= 0.6 is 0 Å². The lowest BCUT2D eigenvalue weighted by molar-refractivity contribution is -0.112. The molecule has 0 aliphatic rings. The lowest BCUT2D eigenvalue weighted by Crippen LogP contribution is -1.90. The van der Waals surface area contributed by atoms with E-state index in [2.05, 4.69) is 4.98 Å². The maximum absolute atomic E-state index is 10.6. The molecule has 0 spiro atoms. The van der Waals surface area contributed by atoms with Gasteiger partial charge < -0.3 is 5.11 Å². The fourth-order valence-electron chi connectivity index (χ4n) is 0.781. The van der Waals surface area contributed by atoms with Gasteiger partial charge >= 0.3 is 0 Å². The molecule has 3 nitrogen and oxygen atoms in total. The van der Waals surface area contributed by atoms with Gasteiger partial charge in [-0.25, -0.2) is 0 Å². The van der Waals surface area contributed by atoms with Crippen LogP contribution in [0.1, 0.15) is 12.6 Å². The van der Waals surface area contributed by atoms with Crippen LogP contribution in [0.5, 0.6) is 0 Å². The summed E-state index contributed by atoms with van der Waals surface area (Å²) in [5, 5.41) is 9.27. The Kier molecular flexibility index (Phi) is 2.58. The molecule has 0 amide bonds.